The number of carbonyl (C=O) groups excluding carboxylic acids is 1. The maximum Gasteiger partial charge on any atom is 0.140 e. The van der Waals surface area contributed by atoms with Crippen LogP contribution in [0.5, 0.6) is 0 Å². The van der Waals surface area contributed by atoms with Crippen LogP contribution in [0.3, 0.4) is 0 Å². The van der Waals surface area contributed by atoms with Gasteiger partial charge in [-0.25, -0.2) is 9.07 Å². The summed E-state index contributed by atoms with van der Waals surface area (Å²) in [4.78, 5) is 12.5. The van der Waals surface area contributed by atoms with Crippen molar-refractivity contribution in [1.29, 1.82) is 0 Å². The van der Waals surface area contributed by atoms with E-state index in [0.29, 0.717) is 10.9 Å². The Labute approximate surface area is 135 Å². The molecule has 2 aliphatic rings. The monoisotopic (exact) mass is 363 g/mol. The molecule has 6 heteroatoms. The summed E-state index contributed by atoms with van der Waals surface area (Å²) < 4.78 is 15.8. The zero-order valence-corrected chi connectivity index (χ0v) is 13.4. The number of ketones is 1. The molecule has 0 bridgehead atoms. The minimum absolute atomic E-state index is 0.124. The highest BCUT2D eigenvalue weighted by Crippen LogP contribution is 2.42. The van der Waals surface area contributed by atoms with Gasteiger partial charge in [0.25, 0.3) is 0 Å². The average molecular weight is 364 g/mol. The molecule has 1 aromatic carbocycles. The van der Waals surface area contributed by atoms with Gasteiger partial charge in [-0.15, -0.1) is 0 Å². The second-order valence-electron chi connectivity index (χ2n) is 5.91. The number of hydrogen-bond donors (Lipinski definition) is 1. The Bertz CT molecular complexity index is 745. The fourth-order valence-electron chi connectivity index (χ4n) is 3.66. The number of hydrogen-bond acceptors (Lipinski definition) is 3. The summed E-state index contributed by atoms with van der Waals surface area (Å²) in [5.41, 5.74) is 0.907. The second-order valence-corrected chi connectivity index (χ2v) is 6.77. The molecule has 1 aromatic heterocycles. The van der Waals surface area contributed by atoms with Crippen LogP contribution in [0.2, 0.25) is 0 Å². The largest absolute Gasteiger partial charge is 0.367 e. The third-order valence-electron chi connectivity index (χ3n) is 4.64. The first kappa shape index (κ1) is 13.9. The third-order valence-corrected chi connectivity index (χ3v) is 5.24. The number of benzene rings is 1. The van der Waals surface area contributed by atoms with Crippen LogP contribution in [0.25, 0.3) is 0 Å². The van der Waals surface area contributed by atoms with Crippen molar-refractivity contribution < 1.29 is 9.18 Å². The Morgan fingerprint density at radius 2 is 2.23 bits per heavy atom. The van der Waals surface area contributed by atoms with E-state index in [0.717, 1.165) is 24.2 Å². The number of halogens is 2. The highest BCUT2D eigenvalue weighted by Gasteiger charge is 2.43. The van der Waals surface area contributed by atoms with Crippen LogP contribution < -0.4 is 5.32 Å². The lowest BCUT2D eigenvalue weighted by Gasteiger charge is -2.41. The van der Waals surface area contributed by atoms with E-state index in [9.17, 15) is 9.18 Å². The normalized spacial score (nSPS) is 27.0. The number of aromatic nitrogens is 2. The lowest BCUT2D eigenvalue weighted by molar-refractivity contribution is -0.126. The second kappa shape index (κ2) is 5.19. The van der Waals surface area contributed by atoms with Crippen molar-refractivity contribution in [2.45, 2.75) is 31.3 Å². The molecule has 4 nitrogen and oxygen atoms in total. The van der Waals surface area contributed by atoms with Crippen molar-refractivity contribution in [3.8, 4) is 0 Å². The summed E-state index contributed by atoms with van der Waals surface area (Å²) in [5, 5.41) is 7.81. The smallest absolute Gasteiger partial charge is 0.140 e. The van der Waals surface area contributed by atoms with E-state index >= 15 is 0 Å². The molecule has 3 atom stereocenters. The SMILES string of the molecule is O=C1CCCC2Nc3ccnn3[C@H](c3ccc(F)c(Br)c3)C12. The quantitative estimate of drug-likeness (QED) is 0.842. The predicted molar refractivity (Wildman–Crippen MR) is 84.2 cm³/mol. The highest BCUT2D eigenvalue weighted by molar-refractivity contribution is 9.10. The van der Waals surface area contributed by atoms with E-state index in [1.54, 1.807) is 18.3 Å². The maximum absolute atomic E-state index is 13.6. The Morgan fingerprint density at radius 1 is 1.36 bits per heavy atom. The molecule has 22 heavy (non-hydrogen) atoms. The van der Waals surface area contributed by atoms with E-state index in [4.69, 9.17) is 0 Å². The number of rotatable bonds is 1. The summed E-state index contributed by atoms with van der Waals surface area (Å²) in [7, 11) is 0. The lowest BCUT2D eigenvalue weighted by atomic mass is 9.75. The molecule has 1 aliphatic heterocycles. The third kappa shape index (κ3) is 2.08. The Morgan fingerprint density at radius 3 is 3.05 bits per heavy atom. The van der Waals surface area contributed by atoms with Crippen LogP contribution in [-0.4, -0.2) is 21.6 Å². The van der Waals surface area contributed by atoms with E-state index in [1.807, 2.05) is 10.7 Å². The van der Waals surface area contributed by atoms with Gasteiger partial charge in [0.15, 0.2) is 0 Å². The van der Waals surface area contributed by atoms with Gasteiger partial charge < -0.3 is 5.32 Å². The van der Waals surface area contributed by atoms with Crippen LogP contribution in [0, 0.1) is 11.7 Å². The first-order valence-electron chi connectivity index (χ1n) is 7.43. The highest BCUT2D eigenvalue weighted by atomic mass is 79.9. The minimum atomic E-state index is -0.301. The molecule has 0 radical (unpaired) electrons. The molecule has 2 aromatic rings. The van der Waals surface area contributed by atoms with Crippen molar-refractivity contribution >= 4 is 27.5 Å². The molecule has 2 unspecified atom stereocenters. The van der Waals surface area contributed by atoms with Crippen molar-refractivity contribution in [2.75, 3.05) is 5.32 Å². The molecule has 1 fully saturated rings. The fraction of sp³-hybridized carbons (Fsp3) is 0.375. The standard InChI is InChI=1S/C16H15BrFN3O/c17-10-8-9(4-5-11(10)18)16-15-12(2-1-3-13(15)22)20-14-6-7-19-21(14)16/h4-8,12,15-16,20H,1-3H2/t12?,15?,16-/m1/s1. The van der Waals surface area contributed by atoms with Crippen molar-refractivity contribution in [3.05, 3.63) is 46.3 Å². The number of fused-ring (bicyclic) bond motifs is 2. The summed E-state index contributed by atoms with van der Waals surface area (Å²) in [6, 6.07) is 6.81. The van der Waals surface area contributed by atoms with Crippen molar-refractivity contribution in [2.24, 2.45) is 5.92 Å². The van der Waals surface area contributed by atoms with Gasteiger partial charge in [0.05, 0.1) is 22.6 Å². The molecule has 1 aliphatic carbocycles. The molecule has 1 N–H and O–H groups in total. The summed E-state index contributed by atoms with van der Waals surface area (Å²) in [6.45, 7) is 0. The molecule has 4 rings (SSSR count). The molecule has 0 saturated heterocycles. The maximum atomic E-state index is 13.6. The van der Waals surface area contributed by atoms with Gasteiger partial charge in [0.1, 0.15) is 17.4 Å². The van der Waals surface area contributed by atoms with Gasteiger partial charge in [0.2, 0.25) is 0 Å². The summed E-state index contributed by atoms with van der Waals surface area (Å²) in [6.07, 6.45) is 4.23. The van der Waals surface area contributed by atoms with Gasteiger partial charge in [-0.3, -0.25) is 4.79 Å². The minimum Gasteiger partial charge on any atom is -0.367 e. The Hall–Kier alpha value is -1.69. The number of Topliss-reactive ketones (excluding diaryl/α,β-unsaturated/α-hetero) is 1. The van der Waals surface area contributed by atoms with Crippen molar-refractivity contribution in [1.82, 2.24) is 9.78 Å². The van der Waals surface area contributed by atoms with Crippen molar-refractivity contribution in [3.63, 3.8) is 0 Å². The lowest BCUT2D eigenvalue weighted by Crippen LogP contribution is -2.48. The zero-order chi connectivity index (χ0) is 15.3. The number of nitrogens with one attached hydrogen (secondary N) is 1. The number of carbonyl (C=O) groups is 1. The van der Waals surface area contributed by atoms with Gasteiger partial charge in [-0.1, -0.05) is 6.07 Å². The van der Waals surface area contributed by atoms with E-state index in [1.165, 1.54) is 6.07 Å². The fourth-order valence-corrected chi connectivity index (χ4v) is 4.06. The predicted octanol–water partition coefficient (Wildman–Crippen LogP) is 3.54. The molecular formula is C16H15BrFN3O. The molecule has 0 spiro atoms. The zero-order valence-electron chi connectivity index (χ0n) is 11.8. The topological polar surface area (TPSA) is 46.9 Å². The van der Waals surface area contributed by atoms with Crippen LogP contribution in [0.1, 0.15) is 30.9 Å². The average Bonchev–Trinajstić information content (AvgIpc) is 2.96. The van der Waals surface area contributed by atoms with E-state index in [-0.39, 0.29) is 29.6 Å². The summed E-state index contributed by atoms with van der Waals surface area (Å²) in [5.74, 6) is 0.722. The Kier molecular flexibility index (Phi) is 3.29. The number of nitrogens with zero attached hydrogens (tertiary/aromatic N) is 2. The molecule has 114 valence electrons. The molecule has 2 heterocycles. The first-order valence-corrected chi connectivity index (χ1v) is 8.22. The van der Waals surface area contributed by atoms with Gasteiger partial charge >= 0.3 is 0 Å². The van der Waals surface area contributed by atoms with Crippen LogP contribution in [0.4, 0.5) is 10.2 Å². The van der Waals surface area contributed by atoms with E-state index < -0.39 is 0 Å². The van der Waals surface area contributed by atoms with Crippen LogP contribution in [-0.2, 0) is 4.79 Å². The van der Waals surface area contributed by atoms with E-state index in [2.05, 4.69) is 26.3 Å². The van der Waals surface area contributed by atoms with Gasteiger partial charge in [-0.05, 0) is 46.5 Å². The summed E-state index contributed by atoms with van der Waals surface area (Å²) >= 11 is 3.24. The van der Waals surface area contributed by atoms with Gasteiger partial charge in [0, 0.05) is 18.5 Å². The van der Waals surface area contributed by atoms with Gasteiger partial charge in [-0.2, -0.15) is 5.10 Å². The van der Waals surface area contributed by atoms with Crippen LogP contribution >= 0.6 is 15.9 Å². The van der Waals surface area contributed by atoms with Crippen LogP contribution in [0.15, 0.2) is 34.9 Å². The molecular weight excluding hydrogens is 349 g/mol. The molecule has 0 amide bonds. The first-order chi connectivity index (χ1) is 10.6. The number of anilines is 1. The molecule has 1 saturated carbocycles. The Balaban J connectivity index is 1.86.